The lowest BCUT2D eigenvalue weighted by Crippen LogP contribution is -2.41. The Kier molecular flexibility index (Phi) is 4.19. The van der Waals surface area contributed by atoms with Crippen molar-refractivity contribution >= 4 is 22.9 Å². The fraction of sp³-hybridized carbons (Fsp3) is 0.550. The maximum Gasteiger partial charge on any atom is 0.395 e. The highest BCUT2D eigenvalue weighted by atomic mass is 19.4. The monoisotopic (exact) mass is 408 g/mol. The Balaban J connectivity index is 1.76. The molecule has 1 atom stereocenters. The maximum atomic E-state index is 14.5. The van der Waals surface area contributed by atoms with Gasteiger partial charge >= 0.3 is 6.18 Å². The van der Waals surface area contributed by atoms with Crippen LogP contribution in [0.5, 0.6) is 0 Å². The first-order valence-electron chi connectivity index (χ1n) is 9.53. The van der Waals surface area contributed by atoms with Crippen LogP contribution in [-0.4, -0.2) is 21.6 Å². The Hall–Kier alpha value is -2.63. The summed E-state index contributed by atoms with van der Waals surface area (Å²) in [6.45, 7) is 3.19. The van der Waals surface area contributed by atoms with E-state index >= 15 is 0 Å². The first-order chi connectivity index (χ1) is 13.5. The summed E-state index contributed by atoms with van der Waals surface area (Å²) < 4.78 is 56.4. The van der Waals surface area contributed by atoms with Crippen molar-refractivity contribution in [3.05, 3.63) is 23.5 Å². The van der Waals surface area contributed by atoms with Crippen LogP contribution >= 0.6 is 0 Å². The predicted molar refractivity (Wildman–Crippen MR) is 97.4 cm³/mol. The molecule has 29 heavy (non-hydrogen) atoms. The molecule has 0 aliphatic heterocycles. The first-order valence-corrected chi connectivity index (χ1v) is 9.53. The largest absolute Gasteiger partial charge is 0.395 e. The van der Waals surface area contributed by atoms with E-state index in [0.29, 0.717) is 5.52 Å². The number of nitrogens with one attached hydrogen (secondary N) is 1. The Bertz CT molecular complexity index is 1040. The van der Waals surface area contributed by atoms with Crippen molar-refractivity contribution in [2.24, 2.45) is 11.3 Å². The van der Waals surface area contributed by atoms with Crippen LogP contribution in [0.25, 0.3) is 11.0 Å². The molecule has 4 rings (SSSR count). The standard InChI is InChI=1S/C20H20F4N4O/c1-11(19(6-7-19)20(22,23)24)16(29)27-17-26-15-13(21)8-12(10-25)9-14(15)28(17)18(2)4-3-5-18/h8-9,11H,3-7H2,1-2H3,(H,26,27,29). The zero-order chi connectivity index (χ0) is 21.2. The van der Waals surface area contributed by atoms with Crippen LogP contribution in [0.4, 0.5) is 23.5 Å². The zero-order valence-electron chi connectivity index (χ0n) is 16.0. The maximum absolute atomic E-state index is 14.5. The summed E-state index contributed by atoms with van der Waals surface area (Å²) in [6, 6.07) is 4.44. The number of carbonyl (C=O) groups excluding carboxylic acids is 1. The van der Waals surface area contributed by atoms with Crippen LogP contribution in [0.15, 0.2) is 12.1 Å². The lowest BCUT2D eigenvalue weighted by atomic mass is 9.78. The van der Waals surface area contributed by atoms with Gasteiger partial charge < -0.3 is 4.57 Å². The lowest BCUT2D eigenvalue weighted by Gasteiger charge is -2.41. The number of fused-ring (bicyclic) bond motifs is 1. The fourth-order valence-electron chi connectivity index (χ4n) is 4.31. The molecule has 2 fully saturated rings. The van der Waals surface area contributed by atoms with E-state index in [9.17, 15) is 22.4 Å². The van der Waals surface area contributed by atoms with Crippen molar-refractivity contribution in [2.75, 3.05) is 5.32 Å². The summed E-state index contributed by atoms with van der Waals surface area (Å²) in [5.74, 6) is -2.77. The second-order valence-corrected chi connectivity index (χ2v) is 8.42. The number of benzene rings is 1. The number of halogens is 4. The van der Waals surface area contributed by atoms with E-state index < -0.39 is 34.8 Å². The van der Waals surface area contributed by atoms with Crippen LogP contribution in [0.3, 0.4) is 0 Å². The van der Waals surface area contributed by atoms with Crippen LogP contribution in [0.2, 0.25) is 0 Å². The molecule has 1 heterocycles. The number of nitriles is 1. The van der Waals surface area contributed by atoms with Crippen molar-refractivity contribution in [2.45, 2.75) is 57.7 Å². The zero-order valence-corrected chi connectivity index (χ0v) is 16.0. The summed E-state index contributed by atoms with van der Waals surface area (Å²) in [5.41, 5.74) is -2.02. The number of aromatic nitrogens is 2. The van der Waals surface area contributed by atoms with Gasteiger partial charge in [0, 0.05) is 11.5 Å². The van der Waals surface area contributed by atoms with Gasteiger partial charge in [-0.25, -0.2) is 9.37 Å². The molecule has 1 unspecified atom stereocenters. The molecule has 0 radical (unpaired) electrons. The normalized spacial score (nSPS) is 20.6. The number of imidazole rings is 1. The summed E-state index contributed by atoms with van der Waals surface area (Å²) >= 11 is 0. The molecule has 2 aliphatic carbocycles. The second-order valence-electron chi connectivity index (χ2n) is 8.42. The van der Waals surface area contributed by atoms with Gasteiger partial charge in [-0.3, -0.25) is 10.1 Å². The highest BCUT2D eigenvalue weighted by molar-refractivity contribution is 5.94. The number of rotatable bonds is 4. The molecule has 0 spiro atoms. The van der Waals surface area contributed by atoms with Gasteiger partial charge in [0.05, 0.1) is 22.6 Å². The van der Waals surface area contributed by atoms with E-state index in [1.165, 1.54) is 13.0 Å². The van der Waals surface area contributed by atoms with Gasteiger partial charge in [-0.15, -0.1) is 0 Å². The van der Waals surface area contributed by atoms with E-state index in [1.54, 1.807) is 4.57 Å². The molecule has 0 saturated heterocycles. The van der Waals surface area contributed by atoms with Crippen molar-refractivity contribution in [3.8, 4) is 6.07 Å². The van der Waals surface area contributed by atoms with Gasteiger partial charge in [0.15, 0.2) is 5.82 Å². The van der Waals surface area contributed by atoms with Crippen LogP contribution in [-0.2, 0) is 10.3 Å². The van der Waals surface area contributed by atoms with Crippen LogP contribution in [0, 0.1) is 28.5 Å². The SMILES string of the molecule is CC(C(=O)Nc1nc2c(F)cc(C#N)cc2n1C1(C)CCC1)C1(C(F)(F)F)CC1. The number of alkyl halides is 3. The molecule has 154 valence electrons. The van der Waals surface area contributed by atoms with Crippen molar-refractivity contribution in [1.29, 1.82) is 5.26 Å². The number of hydrogen-bond acceptors (Lipinski definition) is 3. The van der Waals surface area contributed by atoms with E-state index in [0.717, 1.165) is 25.3 Å². The number of amides is 1. The summed E-state index contributed by atoms with van der Waals surface area (Å²) in [7, 11) is 0. The van der Waals surface area contributed by atoms with Crippen molar-refractivity contribution in [3.63, 3.8) is 0 Å². The third kappa shape index (κ3) is 2.88. The molecule has 1 aromatic heterocycles. The Morgan fingerprint density at radius 1 is 1.31 bits per heavy atom. The third-order valence-corrected chi connectivity index (χ3v) is 6.62. The van der Waals surface area contributed by atoms with E-state index in [-0.39, 0.29) is 29.9 Å². The van der Waals surface area contributed by atoms with Gasteiger partial charge in [-0.1, -0.05) is 6.92 Å². The molecular formula is C20H20F4N4O. The summed E-state index contributed by atoms with van der Waals surface area (Å²) in [6.07, 6.45) is -2.20. The molecule has 1 aromatic carbocycles. The molecule has 9 heteroatoms. The minimum atomic E-state index is -4.46. The third-order valence-electron chi connectivity index (χ3n) is 6.62. The molecule has 2 aliphatic rings. The average Bonchev–Trinajstić information content (AvgIpc) is 3.36. The van der Waals surface area contributed by atoms with Crippen LogP contribution < -0.4 is 5.32 Å². The Morgan fingerprint density at radius 3 is 2.45 bits per heavy atom. The molecule has 5 nitrogen and oxygen atoms in total. The number of hydrogen-bond donors (Lipinski definition) is 1. The summed E-state index contributed by atoms with van der Waals surface area (Å²) in [4.78, 5) is 16.9. The number of anilines is 1. The minimum Gasteiger partial charge on any atom is -0.304 e. The van der Waals surface area contributed by atoms with Gasteiger partial charge in [0.25, 0.3) is 0 Å². The van der Waals surface area contributed by atoms with Crippen molar-refractivity contribution in [1.82, 2.24) is 9.55 Å². The quantitative estimate of drug-likeness (QED) is 0.735. The Labute approximate surface area is 164 Å². The second kappa shape index (κ2) is 6.18. The van der Waals surface area contributed by atoms with E-state index in [1.807, 2.05) is 13.0 Å². The molecule has 0 bridgehead atoms. The smallest absolute Gasteiger partial charge is 0.304 e. The fourth-order valence-corrected chi connectivity index (χ4v) is 4.31. The van der Waals surface area contributed by atoms with Gasteiger partial charge in [-0.2, -0.15) is 18.4 Å². The van der Waals surface area contributed by atoms with Gasteiger partial charge in [0.1, 0.15) is 5.52 Å². The molecule has 2 aromatic rings. The highest BCUT2D eigenvalue weighted by Gasteiger charge is 2.67. The molecule has 1 amide bonds. The number of carbonyl (C=O) groups is 1. The lowest BCUT2D eigenvalue weighted by molar-refractivity contribution is -0.201. The van der Waals surface area contributed by atoms with E-state index in [2.05, 4.69) is 10.3 Å². The predicted octanol–water partition coefficient (Wildman–Crippen LogP) is 4.86. The van der Waals surface area contributed by atoms with Gasteiger partial charge in [-0.05, 0) is 51.2 Å². The summed E-state index contributed by atoms with van der Waals surface area (Å²) in [5, 5.41) is 11.7. The first kappa shape index (κ1) is 19.7. The number of nitrogens with zero attached hydrogens (tertiary/aromatic N) is 3. The van der Waals surface area contributed by atoms with Crippen LogP contribution in [0.1, 0.15) is 51.5 Å². The minimum absolute atomic E-state index is 0.0166. The molecule has 2 saturated carbocycles. The molecular weight excluding hydrogens is 388 g/mol. The van der Waals surface area contributed by atoms with Gasteiger partial charge in [0.2, 0.25) is 11.9 Å². The van der Waals surface area contributed by atoms with Crippen molar-refractivity contribution < 1.29 is 22.4 Å². The average molecular weight is 408 g/mol. The molecule has 1 N–H and O–H groups in total. The Morgan fingerprint density at radius 2 is 1.97 bits per heavy atom. The van der Waals surface area contributed by atoms with E-state index in [4.69, 9.17) is 5.26 Å². The highest BCUT2D eigenvalue weighted by Crippen LogP contribution is 2.62. The topological polar surface area (TPSA) is 70.7 Å².